The van der Waals surface area contributed by atoms with Crippen molar-refractivity contribution in [3.05, 3.63) is 63.0 Å². The molecule has 2 aromatic carbocycles. The lowest BCUT2D eigenvalue weighted by atomic mass is 10.1. The number of carbonyl (C=O) groups is 2. The molecule has 8 nitrogen and oxygen atoms in total. The molecule has 152 valence electrons. The van der Waals surface area contributed by atoms with Gasteiger partial charge in [-0.15, -0.1) is 0 Å². The van der Waals surface area contributed by atoms with E-state index in [0.29, 0.717) is 21.2 Å². The van der Waals surface area contributed by atoms with Gasteiger partial charge in [-0.1, -0.05) is 0 Å². The molecule has 0 aliphatic heterocycles. The Labute approximate surface area is 174 Å². The molecule has 1 aromatic heterocycles. The number of benzene rings is 2. The number of hydrogen-bond donors (Lipinski definition) is 1. The fourth-order valence-electron chi connectivity index (χ4n) is 2.71. The molecule has 1 N–H and O–H groups in total. The van der Waals surface area contributed by atoms with Crippen molar-refractivity contribution < 1.29 is 28.7 Å². The highest BCUT2D eigenvalue weighted by Gasteiger charge is 2.23. The Bertz CT molecular complexity index is 1070. The second kappa shape index (κ2) is 8.24. The fourth-order valence-corrected chi connectivity index (χ4v) is 3.11. The zero-order valence-corrected chi connectivity index (χ0v) is 17.3. The average molecular weight is 463 g/mol. The Morgan fingerprint density at radius 2 is 1.83 bits per heavy atom. The predicted octanol–water partition coefficient (Wildman–Crippen LogP) is 4.98. The third-order valence-electron chi connectivity index (χ3n) is 3.99. The number of ether oxygens (including phenoxy) is 2. The highest BCUT2D eigenvalue weighted by Crippen LogP contribution is 2.35. The summed E-state index contributed by atoms with van der Waals surface area (Å²) in [4.78, 5) is 24.9. The first-order chi connectivity index (χ1) is 13.7. The van der Waals surface area contributed by atoms with Crippen LogP contribution in [0.25, 0.3) is 11.0 Å². The lowest BCUT2D eigenvalue weighted by Gasteiger charge is -2.21. The number of rotatable bonds is 5. The van der Waals surface area contributed by atoms with Crippen LogP contribution in [0.2, 0.25) is 0 Å². The monoisotopic (exact) mass is 462 g/mol. The van der Waals surface area contributed by atoms with Gasteiger partial charge in [0.05, 0.1) is 21.8 Å². The smallest absolute Gasteiger partial charge is 0.343 e. The zero-order valence-electron chi connectivity index (χ0n) is 15.8. The van der Waals surface area contributed by atoms with E-state index in [-0.39, 0.29) is 33.9 Å². The molecule has 0 fully saturated rings. The van der Waals surface area contributed by atoms with Crippen molar-refractivity contribution in [2.75, 3.05) is 5.23 Å². The lowest BCUT2D eigenvalue weighted by molar-refractivity contribution is 0.0378. The maximum Gasteiger partial charge on any atom is 0.343 e. The summed E-state index contributed by atoms with van der Waals surface area (Å²) < 4.78 is 16.8. The third kappa shape index (κ3) is 4.42. The largest absolute Gasteiger partial charge is 0.733 e. The van der Waals surface area contributed by atoms with Crippen molar-refractivity contribution in [2.45, 2.75) is 26.9 Å². The summed E-state index contributed by atoms with van der Waals surface area (Å²) in [6.45, 7) is 5.14. The molecule has 0 unspecified atom stereocenters. The number of fused-ring (bicyclic) bond motifs is 1. The van der Waals surface area contributed by atoms with Gasteiger partial charge < -0.3 is 24.3 Å². The van der Waals surface area contributed by atoms with E-state index in [1.807, 2.05) is 0 Å². The lowest BCUT2D eigenvalue weighted by Crippen LogP contribution is -2.12. The number of halogens is 1. The molecule has 29 heavy (non-hydrogen) atoms. The summed E-state index contributed by atoms with van der Waals surface area (Å²) in [5, 5.41) is 19.9. The van der Waals surface area contributed by atoms with E-state index >= 15 is 0 Å². The molecule has 0 aliphatic carbocycles. The third-order valence-corrected chi connectivity index (χ3v) is 4.61. The van der Waals surface area contributed by atoms with Gasteiger partial charge in [0.25, 0.3) is 0 Å². The standard InChI is InChI=1S/C20H17BrNO7/c1-10(2)27-20(24)18-11(3)28-16-9-15(21)17(8-14(16)18)29-19(23)12-4-6-13(7-5-12)22(25)26/h4-10,25H,1-3H3/q-1. The molecule has 0 atom stereocenters. The minimum Gasteiger partial charge on any atom is -0.733 e. The molecule has 0 aliphatic rings. The van der Waals surface area contributed by atoms with Gasteiger partial charge in [-0.2, -0.15) is 0 Å². The predicted molar refractivity (Wildman–Crippen MR) is 108 cm³/mol. The first kappa shape index (κ1) is 20.8. The molecule has 0 saturated heterocycles. The summed E-state index contributed by atoms with van der Waals surface area (Å²) >= 11 is 3.33. The van der Waals surface area contributed by atoms with Crippen LogP contribution >= 0.6 is 15.9 Å². The number of carbonyl (C=O) groups excluding carboxylic acids is 2. The molecule has 9 heteroatoms. The Kier molecular flexibility index (Phi) is 5.92. The SMILES string of the molecule is Cc1oc2cc(Br)c(OC(=O)c3ccc(N([O-])O)cc3)cc2c1C(=O)OC(C)C. The van der Waals surface area contributed by atoms with E-state index in [1.54, 1.807) is 26.8 Å². The van der Waals surface area contributed by atoms with E-state index in [9.17, 15) is 14.8 Å². The molecule has 0 bridgehead atoms. The quantitative estimate of drug-likeness (QED) is 0.320. The van der Waals surface area contributed by atoms with Gasteiger partial charge in [-0.25, -0.2) is 9.59 Å². The fraction of sp³-hybridized carbons (Fsp3) is 0.200. The first-order valence-electron chi connectivity index (χ1n) is 8.59. The number of nitrogens with zero attached hydrogens (tertiary/aromatic N) is 1. The van der Waals surface area contributed by atoms with Crippen molar-refractivity contribution in [3.63, 3.8) is 0 Å². The summed E-state index contributed by atoms with van der Waals surface area (Å²) in [5.41, 5.74) is 0.853. The van der Waals surface area contributed by atoms with Crippen LogP contribution in [-0.2, 0) is 4.74 Å². The molecule has 0 spiro atoms. The minimum atomic E-state index is -0.682. The van der Waals surface area contributed by atoms with Crippen LogP contribution in [0.3, 0.4) is 0 Å². The molecule has 0 saturated carbocycles. The van der Waals surface area contributed by atoms with Gasteiger partial charge in [0.15, 0.2) is 0 Å². The van der Waals surface area contributed by atoms with Crippen LogP contribution in [-0.4, -0.2) is 23.2 Å². The van der Waals surface area contributed by atoms with Gasteiger partial charge in [-0.3, -0.25) is 5.21 Å². The van der Waals surface area contributed by atoms with Crippen molar-refractivity contribution in [1.82, 2.24) is 0 Å². The van der Waals surface area contributed by atoms with Gasteiger partial charge in [0.1, 0.15) is 22.7 Å². The Morgan fingerprint density at radius 3 is 2.41 bits per heavy atom. The van der Waals surface area contributed by atoms with Crippen molar-refractivity contribution >= 4 is 44.5 Å². The molecular formula is C20H17BrNO7-. The average Bonchev–Trinajstić information content (AvgIpc) is 2.96. The molecule has 3 aromatic rings. The molecular weight excluding hydrogens is 446 g/mol. The van der Waals surface area contributed by atoms with E-state index in [4.69, 9.17) is 19.1 Å². The van der Waals surface area contributed by atoms with Crippen molar-refractivity contribution in [2.24, 2.45) is 0 Å². The number of hydrogen-bond acceptors (Lipinski definition) is 8. The van der Waals surface area contributed by atoms with E-state index in [2.05, 4.69) is 15.9 Å². The van der Waals surface area contributed by atoms with E-state index in [1.165, 1.54) is 30.3 Å². The van der Waals surface area contributed by atoms with Gasteiger partial charge >= 0.3 is 11.9 Å². The van der Waals surface area contributed by atoms with Crippen LogP contribution in [0.5, 0.6) is 5.75 Å². The summed E-state index contributed by atoms with van der Waals surface area (Å²) in [7, 11) is 0. The Morgan fingerprint density at radius 1 is 1.17 bits per heavy atom. The maximum atomic E-state index is 12.4. The maximum absolute atomic E-state index is 12.4. The molecule has 0 radical (unpaired) electrons. The number of esters is 2. The van der Waals surface area contributed by atoms with Crippen LogP contribution in [0.4, 0.5) is 5.69 Å². The summed E-state index contributed by atoms with van der Waals surface area (Å²) in [6.07, 6.45) is -0.300. The Balaban J connectivity index is 1.94. The van der Waals surface area contributed by atoms with E-state index in [0.717, 1.165) is 0 Å². The Hall–Kier alpha value is -2.88. The van der Waals surface area contributed by atoms with Crippen LogP contribution in [0.1, 0.15) is 40.3 Å². The summed E-state index contributed by atoms with van der Waals surface area (Å²) in [6, 6.07) is 8.37. The van der Waals surface area contributed by atoms with Crippen LogP contribution < -0.4 is 9.96 Å². The molecule has 3 rings (SSSR count). The number of furan rings is 1. The first-order valence-corrected chi connectivity index (χ1v) is 9.38. The topological polar surface area (TPSA) is 112 Å². The minimum absolute atomic E-state index is 0.0219. The molecule has 1 heterocycles. The second-order valence-electron chi connectivity index (χ2n) is 6.48. The van der Waals surface area contributed by atoms with Crippen molar-refractivity contribution in [1.29, 1.82) is 0 Å². The highest BCUT2D eigenvalue weighted by atomic mass is 79.9. The number of anilines is 1. The molecule has 0 amide bonds. The van der Waals surface area contributed by atoms with Gasteiger partial charge in [0.2, 0.25) is 0 Å². The van der Waals surface area contributed by atoms with E-state index < -0.39 is 11.9 Å². The van der Waals surface area contributed by atoms with Gasteiger partial charge in [-0.05, 0) is 73.1 Å². The summed E-state index contributed by atoms with van der Waals surface area (Å²) in [5.74, 6) is -0.641. The number of aryl methyl sites for hydroxylation is 1. The van der Waals surface area contributed by atoms with Crippen LogP contribution in [0, 0.1) is 12.1 Å². The van der Waals surface area contributed by atoms with Gasteiger partial charge in [0, 0.05) is 5.39 Å². The van der Waals surface area contributed by atoms with Crippen LogP contribution in [0.15, 0.2) is 45.3 Å². The second-order valence-corrected chi connectivity index (χ2v) is 7.33. The zero-order chi connectivity index (χ0) is 21.3. The normalized spacial score (nSPS) is 11.0. The highest BCUT2D eigenvalue weighted by molar-refractivity contribution is 9.10. The van der Waals surface area contributed by atoms with Crippen molar-refractivity contribution in [3.8, 4) is 5.75 Å².